The number of thiazole rings is 1. The summed E-state index contributed by atoms with van der Waals surface area (Å²) in [7, 11) is 0. The second-order valence-electron chi connectivity index (χ2n) is 10.4. The van der Waals surface area contributed by atoms with Gasteiger partial charge < -0.3 is 19.8 Å². The van der Waals surface area contributed by atoms with E-state index >= 15 is 0 Å². The van der Waals surface area contributed by atoms with Gasteiger partial charge in [-0.3, -0.25) is 19.2 Å². The molecule has 0 saturated carbocycles. The molecule has 2 N–H and O–H groups in total. The third-order valence-corrected chi connectivity index (χ3v) is 10.2. The molecule has 45 heavy (non-hydrogen) atoms. The lowest BCUT2D eigenvalue weighted by Gasteiger charge is -2.31. The zero-order chi connectivity index (χ0) is 31.8. The standard InChI is InChI=1S/C32H26ClN3O7S2/c1-3-42-31(40)17-8-11-19(12-9-17)36-29(38)25-24(26-28(35-32(41)45-26)44-27(25)30(36)39)20-14-18(33)10-13-22(20)43-15-23(37)34-21-7-5-4-6-16(21)2/h4-14,24-25,27H,3,15H2,1-2H3,(H,34,37)(H,35,41)/t24-,25?,27?/m1/s1. The fourth-order valence-corrected chi connectivity index (χ4v) is 8.19. The molecule has 1 fully saturated rings. The lowest BCUT2D eigenvalue weighted by Crippen LogP contribution is -2.32. The van der Waals surface area contributed by atoms with Gasteiger partial charge in [0, 0.05) is 27.1 Å². The Bertz CT molecular complexity index is 1890. The van der Waals surface area contributed by atoms with E-state index < -0.39 is 34.9 Å². The summed E-state index contributed by atoms with van der Waals surface area (Å²) in [5.41, 5.74) is 2.61. The van der Waals surface area contributed by atoms with Crippen LogP contribution < -0.4 is 19.8 Å². The predicted octanol–water partition coefficient (Wildman–Crippen LogP) is 5.39. The van der Waals surface area contributed by atoms with Gasteiger partial charge in [0.15, 0.2) is 6.61 Å². The van der Waals surface area contributed by atoms with Crippen molar-refractivity contribution in [1.82, 2.24) is 4.98 Å². The number of carbonyl (C=O) groups is 4. The number of aromatic nitrogens is 1. The molecule has 3 amide bonds. The second-order valence-corrected chi connectivity index (χ2v) is 13.0. The maximum absolute atomic E-state index is 14.1. The van der Waals surface area contributed by atoms with Gasteiger partial charge in [-0.2, -0.15) is 0 Å². The summed E-state index contributed by atoms with van der Waals surface area (Å²) in [4.78, 5) is 69.6. The zero-order valence-electron chi connectivity index (χ0n) is 24.0. The molecule has 13 heteroatoms. The molecule has 3 aromatic carbocycles. The van der Waals surface area contributed by atoms with Crippen LogP contribution in [-0.4, -0.2) is 47.1 Å². The fraction of sp³-hybridized carbons (Fsp3) is 0.219. The lowest BCUT2D eigenvalue weighted by molar-refractivity contribution is -0.122. The largest absolute Gasteiger partial charge is 0.483 e. The maximum Gasteiger partial charge on any atom is 0.338 e. The molecule has 10 nitrogen and oxygen atoms in total. The summed E-state index contributed by atoms with van der Waals surface area (Å²) in [6, 6.07) is 18.3. The molecule has 2 aliphatic heterocycles. The van der Waals surface area contributed by atoms with Gasteiger partial charge in [0.2, 0.25) is 11.8 Å². The van der Waals surface area contributed by atoms with E-state index in [0.29, 0.717) is 37.6 Å². The Morgan fingerprint density at radius 3 is 2.51 bits per heavy atom. The number of amides is 3. The highest BCUT2D eigenvalue weighted by atomic mass is 35.5. The number of H-pyrrole nitrogens is 1. The first-order valence-corrected chi connectivity index (χ1v) is 16.1. The Hall–Kier alpha value is -4.39. The number of hydrogen-bond acceptors (Lipinski definition) is 9. The zero-order valence-corrected chi connectivity index (χ0v) is 26.4. The molecule has 0 aliphatic carbocycles. The molecule has 6 rings (SSSR count). The van der Waals surface area contributed by atoms with Gasteiger partial charge in [-0.25, -0.2) is 9.69 Å². The Labute approximate surface area is 270 Å². The molecule has 0 radical (unpaired) electrons. The second kappa shape index (κ2) is 12.5. The minimum absolute atomic E-state index is 0.213. The topological polar surface area (TPSA) is 135 Å². The van der Waals surface area contributed by atoms with Crippen LogP contribution in [0.3, 0.4) is 0 Å². The minimum atomic E-state index is -0.909. The average Bonchev–Trinajstić information content (AvgIpc) is 3.51. The molecule has 2 unspecified atom stereocenters. The number of halogens is 1. The molecule has 4 aromatic rings. The van der Waals surface area contributed by atoms with E-state index in [1.165, 1.54) is 24.3 Å². The number of ether oxygens (including phenoxy) is 2. The number of thioether (sulfide) groups is 1. The van der Waals surface area contributed by atoms with Gasteiger partial charge in [-0.05, 0) is 67.9 Å². The van der Waals surface area contributed by atoms with Crippen molar-refractivity contribution >= 4 is 69.8 Å². The molecule has 2 aliphatic rings. The van der Waals surface area contributed by atoms with E-state index in [0.717, 1.165) is 33.6 Å². The Kier molecular flexibility index (Phi) is 8.54. The molecule has 1 saturated heterocycles. The van der Waals surface area contributed by atoms with Crippen molar-refractivity contribution in [2.75, 3.05) is 23.4 Å². The number of rotatable bonds is 8. The van der Waals surface area contributed by atoms with Crippen LogP contribution >= 0.6 is 34.7 Å². The molecule has 230 valence electrons. The highest BCUT2D eigenvalue weighted by Gasteiger charge is 2.57. The van der Waals surface area contributed by atoms with Crippen LogP contribution in [0.4, 0.5) is 11.4 Å². The van der Waals surface area contributed by atoms with Gasteiger partial charge >= 0.3 is 10.8 Å². The number of nitrogens with zero attached hydrogens (tertiary/aromatic N) is 1. The summed E-state index contributed by atoms with van der Waals surface area (Å²) < 4.78 is 11.0. The van der Waals surface area contributed by atoms with Crippen LogP contribution in [0.25, 0.3) is 0 Å². The van der Waals surface area contributed by atoms with Crippen molar-refractivity contribution in [1.29, 1.82) is 0 Å². The highest BCUT2D eigenvalue weighted by Crippen LogP contribution is 2.54. The van der Waals surface area contributed by atoms with Crippen LogP contribution in [0.2, 0.25) is 5.02 Å². The van der Waals surface area contributed by atoms with Crippen molar-refractivity contribution in [3.63, 3.8) is 0 Å². The maximum atomic E-state index is 14.1. The third kappa shape index (κ3) is 5.88. The molecule has 3 heterocycles. The van der Waals surface area contributed by atoms with Crippen LogP contribution in [0.1, 0.15) is 39.2 Å². The Morgan fingerprint density at radius 1 is 1.02 bits per heavy atom. The smallest absolute Gasteiger partial charge is 0.338 e. The van der Waals surface area contributed by atoms with Gasteiger partial charge in [0.1, 0.15) is 11.0 Å². The van der Waals surface area contributed by atoms with Gasteiger partial charge in [0.25, 0.3) is 5.91 Å². The van der Waals surface area contributed by atoms with Crippen LogP contribution in [0.15, 0.2) is 76.6 Å². The van der Waals surface area contributed by atoms with Crippen LogP contribution in [-0.2, 0) is 19.1 Å². The first kappa shape index (κ1) is 30.6. The van der Waals surface area contributed by atoms with E-state index in [4.69, 9.17) is 21.1 Å². The van der Waals surface area contributed by atoms with E-state index in [1.54, 1.807) is 31.2 Å². The predicted molar refractivity (Wildman–Crippen MR) is 172 cm³/mol. The number of aryl methyl sites for hydroxylation is 1. The van der Waals surface area contributed by atoms with Crippen molar-refractivity contribution < 1.29 is 28.7 Å². The number of anilines is 2. The lowest BCUT2D eigenvalue weighted by atomic mass is 9.82. The number of nitrogens with one attached hydrogen (secondary N) is 2. The quantitative estimate of drug-likeness (QED) is 0.189. The molecule has 0 spiro atoms. The molecular weight excluding hydrogens is 638 g/mol. The normalized spacial score (nSPS) is 18.7. The van der Waals surface area contributed by atoms with Crippen molar-refractivity contribution in [2.24, 2.45) is 5.92 Å². The first-order valence-electron chi connectivity index (χ1n) is 14.0. The van der Waals surface area contributed by atoms with E-state index in [1.807, 2.05) is 25.1 Å². The Balaban J connectivity index is 1.34. The highest BCUT2D eigenvalue weighted by molar-refractivity contribution is 8.00. The van der Waals surface area contributed by atoms with Crippen molar-refractivity contribution in [3.8, 4) is 5.75 Å². The van der Waals surface area contributed by atoms with Crippen molar-refractivity contribution in [3.05, 3.63) is 103 Å². The van der Waals surface area contributed by atoms with Crippen molar-refractivity contribution in [2.45, 2.75) is 30.0 Å². The van der Waals surface area contributed by atoms with E-state index in [2.05, 4.69) is 10.3 Å². The number of aromatic amines is 1. The molecule has 0 bridgehead atoms. The summed E-state index contributed by atoms with van der Waals surface area (Å²) in [6.45, 7) is 3.46. The summed E-state index contributed by atoms with van der Waals surface area (Å²) in [5.74, 6) is -3.22. The summed E-state index contributed by atoms with van der Waals surface area (Å²) in [6.07, 6.45) is 0. The number of fused-ring (bicyclic) bond motifs is 2. The number of carbonyl (C=O) groups excluding carboxylic acids is 4. The minimum Gasteiger partial charge on any atom is -0.483 e. The number of para-hydroxylation sites is 1. The van der Waals surface area contributed by atoms with E-state index in [-0.39, 0.29) is 29.6 Å². The van der Waals surface area contributed by atoms with Gasteiger partial charge in [-0.15, -0.1) is 0 Å². The third-order valence-electron chi connectivity index (χ3n) is 7.55. The van der Waals surface area contributed by atoms with Gasteiger partial charge in [0.05, 0.1) is 28.8 Å². The van der Waals surface area contributed by atoms with Crippen LogP contribution in [0, 0.1) is 12.8 Å². The first-order chi connectivity index (χ1) is 21.7. The number of imide groups is 1. The average molecular weight is 664 g/mol. The summed E-state index contributed by atoms with van der Waals surface area (Å²) >= 11 is 8.53. The number of benzene rings is 3. The number of hydrogen-bond donors (Lipinski definition) is 2. The van der Waals surface area contributed by atoms with Gasteiger partial charge in [-0.1, -0.05) is 52.9 Å². The monoisotopic (exact) mass is 663 g/mol. The summed E-state index contributed by atoms with van der Waals surface area (Å²) in [5, 5.41) is 2.81. The fourth-order valence-electron chi connectivity index (χ4n) is 5.50. The van der Waals surface area contributed by atoms with E-state index in [9.17, 15) is 24.0 Å². The SMILES string of the molecule is CCOC(=O)c1ccc(N2C(=O)C3Sc4[nH]c(=O)sc4[C@H](c4cc(Cl)ccc4OCC(=O)Nc4ccccc4C)C3C2=O)cc1. The number of esters is 1. The van der Waals surface area contributed by atoms with Crippen LogP contribution in [0.5, 0.6) is 5.75 Å². The molecule has 3 atom stereocenters. The molecular formula is C32H26ClN3O7S2. The molecule has 1 aromatic heterocycles. The Morgan fingerprint density at radius 2 is 1.78 bits per heavy atom.